The van der Waals surface area contributed by atoms with E-state index in [0.29, 0.717) is 21.9 Å². The van der Waals surface area contributed by atoms with Crippen LogP contribution >= 0.6 is 23.5 Å². The van der Waals surface area contributed by atoms with E-state index in [1.54, 1.807) is 11.8 Å². The number of rotatable bonds is 9. The average Bonchev–Trinajstić information content (AvgIpc) is 3.34. The van der Waals surface area contributed by atoms with Crippen molar-refractivity contribution in [1.29, 1.82) is 0 Å². The molecule has 3 aliphatic rings. The fourth-order valence-electron chi connectivity index (χ4n) is 4.50. The number of thioether (sulfide) groups is 2. The number of amidine groups is 1. The molecule has 0 saturated carbocycles. The van der Waals surface area contributed by atoms with E-state index >= 15 is 0 Å². The Morgan fingerprint density at radius 1 is 1.24 bits per heavy atom. The molecule has 0 aromatic heterocycles. The number of hydrogen-bond acceptors (Lipinski definition) is 10. The largest absolute Gasteiger partial charge is 1.00 e. The van der Waals surface area contributed by atoms with E-state index in [-0.39, 0.29) is 29.4 Å². The third-order valence-electron chi connectivity index (χ3n) is 6.57. The molecule has 0 bridgehead atoms. The number of β-lactam (4-membered cyclic amide) rings is 1. The molecule has 3 atom stereocenters. The van der Waals surface area contributed by atoms with Crippen LogP contribution in [-0.4, -0.2) is 70.0 Å². The maximum Gasteiger partial charge on any atom is 0.356 e. The van der Waals surface area contributed by atoms with Crippen LogP contribution in [0.25, 0.3) is 0 Å². The van der Waals surface area contributed by atoms with E-state index in [1.807, 2.05) is 85.7 Å². The first kappa shape index (κ1) is 30.7. The van der Waals surface area contributed by atoms with Gasteiger partial charge in [0.05, 0.1) is 7.05 Å². The Balaban J connectivity index is 0.00000387. The van der Waals surface area contributed by atoms with Crippen molar-refractivity contribution in [2.75, 3.05) is 25.7 Å². The number of benzene rings is 2. The summed E-state index contributed by atoms with van der Waals surface area (Å²) in [6, 6.07) is 19.2. The van der Waals surface area contributed by atoms with E-state index in [4.69, 9.17) is 9.47 Å². The number of quaternary nitrogens is 1. The number of carbonyl (C=O) groups is 2. The van der Waals surface area contributed by atoms with Gasteiger partial charge >= 0.3 is 5.97 Å². The highest BCUT2D eigenvalue weighted by atomic mass is 35.5. The average molecular weight is 615 g/mol. The number of hydrogen-bond donors (Lipinski definition) is 2. The van der Waals surface area contributed by atoms with Gasteiger partial charge in [0.25, 0.3) is 5.91 Å². The van der Waals surface area contributed by atoms with Crippen LogP contribution in [0.1, 0.15) is 30.6 Å². The van der Waals surface area contributed by atoms with Crippen LogP contribution in [0.2, 0.25) is 0 Å². The van der Waals surface area contributed by atoms with Crippen LogP contribution in [0.5, 0.6) is 0 Å². The minimum Gasteiger partial charge on any atom is -1.00 e. The molecule has 1 amide bonds. The Bertz CT molecular complexity index is 1330. The van der Waals surface area contributed by atoms with Crippen molar-refractivity contribution >= 4 is 46.4 Å². The van der Waals surface area contributed by atoms with Gasteiger partial charge in [-0.05, 0) is 29.2 Å². The number of hydrazone groups is 1. The summed E-state index contributed by atoms with van der Waals surface area (Å²) in [5.41, 5.74) is 5.70. The lowest BCUT2D eigenvalue weighted by Crippen LogP contribution is -3.17. The number of nitrogens with one attached hydrogen (secondary N) is 2. The summed E-state index contributed by atoms with van der Waals surface area (Å²) in [6.07, 6.45) is 1.46. The topological polar surface area (TPSA) is 100 Å². The second kappa shape index (κ2) is 14.1. The van der Waals surface area contributed by atoms with E-state index < -0.39 is 18.2 Å². The van der Waals surface area contributed by atoms with Gasteiger partial charge in [0, 0.05) is 34.8 Å². The third kappa shape index (κ3) is 6.48. The van der Waals surface area contributed by atoms with Crippen LogP contribution in [0.4, 0.5) is 0 Å². The Morgan fingerprint density at radius 3 is 2.51 bits per heavy atom. The maximum atomic E-state index is 13.9. The Labute approximate surface area is 253 Å². The molecule has 5 rings (SSSR count). The van der Waals surface area contributed by atoms with Crippen molar-refractivity contribution in [3.8, 4) is 0 Å². The van der Waals surface area contributed by atoms with Gasteiger partial charge in [-0.25, -0.2) is 4.79 Å². The second-order valence-corrected chi connectivity index (χ2v) is 11.2. The summed E-state index contributed by atoms with van der Waals surface area (Å²) >= 11 is 3.04. The number of allylic oxidation sites excluding steroid dienone is 1. The van der Waals surface area contributed by atoms with Crippen molar-refractivity contribution in [1.82, 2.24) is 15.4 Å². The molecular weight excluding hydrogens is 584 g/mol. The first-order valence-corrected chi connectivity index (χ1v) is 14.9. The van der Waals surface area contributed by atoms with E-state index in [1.165, 1.54) is 23.8 Å². The van der Waals surface area contributed by atoms with Crippen molar-refractivity contribution in [3.63, 3.8) is 0 Å². The first-order chi connectivity index (χ1) is 19.5. The summed E-state index contributed by atoms with van der Waals surface area (Å²) in [4.78, 5) is 28.5. The SMILES string of the molecule is CCC=C=N[NH+]1NN=C(SCC2=C(C(=O)OC(c3ccccc3)c3ccccc3)N3C(=O)[C@@H](OC)[C@@H]3SC2)N1C.[Cl-]. The summed E-state index contributed by atoms with van der Waals surface area (Å²) < 4.78 is 11.6. The highest BCUT2D eigenvalue weighted by molar-refractivity contribution is 8.14. The zero-order valence-electron chi connectivity index (χ0n) is 22.8. The highest BCUT2D eigenvalue weighted by Gasteiger charge is 2.54. The van der Waals surface area contributed by atoms with Crippen LogP contribution < -0.4 is 23.2 Å². The van der Waals surface area contributed by atoms with E-state index in [9.17, 15) is 9.59 Å². The molecule has 216 valence electrons. The fourth-order valence-corrected chi connectivity index (χ4v) is 6.93. The number of methoxy groups -OCH3 is 1. The Hall–Kier alpha value is -3.25. The minimum absolute atomic E-state index is 0. The van der Waals surface area contributed by atoms with Gasteiger partial charge in [0.2, 0.25) is 5.17 Å². The molecule has 0 spiro atoms. The fraction of sp³-hybridized carbons (Fsp3) is 0.321. The van der Waals surface area contributed by atoms with Crippen molar-refractivity contribution in [3.05, 3.63) is 89.1 Å². The quantitative estimate of drug-likeness (QED) is 0.218. The van der Waals surface area contributed by atoms with Crippen molar-refractivity contribution in [2.45, 2.75) is 30.9 Å². The number of nitrogens with zero attached hydrogens (tertiary/aromatic N) is 4. The normalized spacial score (nSPS) is 21.2. The third-order valence-corrected chi connectivity index (χ3v) is 9.00. The molecule has 0 aliphatic carbocycles. The first-order valence-electron chi connectivity index (χ1n) is 12.9. The molecule has 1 unspecified atom stereocenters. The lowest BCUT2D eigenvalue weighted by Gasteiger charge is -2.49. The van der Waals surface area contributed by atoms with E-state index in [2.05, 4.69) is 21.6 Å². The molecule has 3 heterocycles. The van der Waals surface area contributed by atoms with Crippen LogP contribution in [0.3, 0.4) is 0 Å². The van der Waals surface area contributed by atoms with E-state index in [0.717, 1.165) is 23.1 Å². The molecule has 1 fully saturated rings. The van der Waals surface area contributed by atoms with Crippen LogP contribution in [-0.2, 0) is 19.1 Å². The van der Waals surface area contributed by atoms with Gasteiger partial charge in [0.15, 0.2) is 12.2 Å². The summed E-state index contributed by atoms with van der Waals surface area (Å²) in [7, 11) is 3.38. The molecule has 10 nitrogen and oxygen atoms in total. The molecule has 13 heteroatoms. The molecular formula is C28H31ClN6O4S2. The Kier molecular flexibility index (Phi) is 10.5. The second-order valence-electron chi connectivity index (χ2n) is 9.16. The molecule has 2 N–H and O–H groups in total. The highest BCUT2D eigenvalue weighted by Crippen LogP contribution is 2.43. The molecule has 41 heavy (non-hydrogen) atoms. The zero-order valence-corrected chi connectivity index (χ0v) is 25.2. The monoisotopic (exact) mass is 614 g/mol. The predicted octanol–water partition coefficient (Wildman–Crippen LogP) is -0.688. The van der Waals surface area contributed by atoms with Gasteiger partial charge in [-0.1, -0.05) is 90.0 Å². The summed E-state index contributed by atoms with van der Waals surface area (Å²) in [5, 5.41) is 11.5. The number of fused-ring (bicyclic) bond motifs is 1. The molecule has 0 radical (unpaired) electrons. The van der Waals surface area contributed by atoms with Gasteiger partial charge < -0.3 is 21.9 Å². The Morgan fingerprint density at radius 2 is 1.90 bits per heavy atom. The molecule has 1 saturated heterocycles. The van der Waals surface area contributed by atoms with Crippen LogP contribution in [0, 0.1) is 0 Å². The lowest BCUT2D eigenvalue weighted by molar-refractivity contribution is -1.04. The zero-order chi connectivity index (χ0) is 28.1. The minimum atomic E-state index is -0.625. The maximum absolute atomic E-state index is 13.9. The molecule has 2 aromatic rings. The standard InChI is InChI=1S/C28H30N6O4S2.ClH/c1-4-5-16-29-34-31-30-28(32(34)2)40-18-21-17-39-26-24(37-3)25(35)33(26)22(21)27(36)38-23(19-12-8-6-9-13-19)20-14-10-7-11-15-20;/h5-15,23-24,26,31H,4,17-18H2,1-3H3;1H/t24-,26+;/m1./s1. The van der Waals surface area contributed by atoms with Crippen molar-refractivity contribution < 1.29 is 36.7 Å². The predicted molar refractivity (Wildman–Crippen MR) is 156 cm³/mol. The number of carbonyl (C=O) groups excluding carboxylic acids is 2. The number of ether oxygens (including phenoxy) is 2. The summed E-state index contributed by atoms with van der Waals surface area (Å²) in [5.74, 6) is 3.10. The van der Waals surface area contributed by atoms with Gasteiger partial charge in [-0.3, -0.25) is 9.69 Å². The van der Waals surface area contributed by atoms with Gasteiger partial charge in [-0.15, -0.1) is 16.8 Å². The van der Waals surface area contributed by atoms with Crippen molar-refractivity contribution in [2.24, 2.45) is 10.2 Å². The van der Waals surface area contributed by atoms with Gasteiger partial charge in [0.1, 0.15) is 11.1 Å². The number of esters is 1. The number of halogens is 1. The van der Waals surface area contributed by atoms with Crippen LogP contribution in [0.15, 0.2) is 88.2 Å². The van der Waals surface area contributed by atoms with Gasteiger partial charge in [-0.2, -0.15) is 0 Å². The summed E-state index contributed by atoms with van der Waals surface area (Å²) in [6.45, 7) is 2.01. The smallest absolute Gasteiger partial charge is 0.356 e. The molecule has 3 aliphatic heterocycles. The lowest BCUT2D eigenvalue weighted by atomic mass is 10.0. The molecule has 2 aromatic carbocycles. The number of amides is 1.